The van der Waals surface area contributed by atoms with Crippen molar-refractivity contribution < 1.29 is 9.59 Å². The number of hydrogen-bond donors (Lipinski definition) is 1. The highest BCUT2D eigenvalue weighted by molar-refractivity contribution is 6.21. The quantitative estimate of drug-likeness (QED) is 0.691. The summed E-state index contributed by atoms with van der Waals surface area (Å²) in [5.41, 5.74) is 2.40. The second-order valence-electron chi connectivity index (χ2n) is 4.64. The molecule has 0 radical (unpaired) electrons. The molecule has 1 N–H and O–H groups in total. The van der Waals surface area contributed by atoms with Gasteiger partial charge >= 0.3 is 0 Å². The third-order valence-corrected chi connectivity index (χ3v) is 3.35. The molecule has 0 saturated heterocycles. The van der Waals surface area contributed by atoms with Gasteiger partial charge in [0.05, 0.1) is 17.8 Å². The highest BCUT2D eigenvalue weighted by atomic mass is 16.2. The Kier molecular flexibility index (Phi) is 3.17. The van der Waals surface area contributed by atoms with Crippen molar-refractivity contribution in [3.8, 4) is 12.3 Å². The smallest absolute Gasteiger partial charge is 0.263 e. The number of benzene rings is 2. The number of fused-ring (bicyclic) bond motifs is 1. The number of anilines is 1. The standard InChI is InChI=1S/C17H12N2O2/c1-2-12-6-5-7-13(10-12)18-11-19-16(20)14-8-3-4-9-15(14)17(19)21/h1,3-10,18H,11H2. The molecular weight excluding hydrogens is 264 g/mol. The average Bonchev–Trinajstić information content (AvgIpc) is 2.78. The van der Waals surface area contributed by atoms with E-state index in [9.17, 15) is 9.59 Å². The lowest BCUT2D eigenvalue weighted by Gasteiger charge is -2.15. The summed E-state index contributed by atoms with van der Waals surface area (Å²) in [7, 11) is 0. The summed E-state index contributed by atoms with van der Waals surface area (Å²) in [4.78, 5) is 25.6. The summed E-state index contributed by atoms with van der Waals surface area (Å²) in [5.74, 6) is 1.98. The van der Waals surface area contributed by atoms with Gasteiger partial charge in [-0.25, -0.2) is 0 Å². The highest BCUT2D eigenvalue weighted by Crippen LogP contribution is 2.22. The van der Waals surface area contributed by atoms with E-state index in [1.165, 1.54) is 4.90 Å². The molecule has 0 atom stereocenters. The van der Waals surface area contributed by atoms with Crippen LogP contribution in [0.2, 0.25) is 0 Å². The van der Waals surface area contributed by atoms with Crippen LogP contribution in [0.4, 0.5) is 5.69 Å². The first-order valence-corrected chi connectivity index (χ1v) is 6.46. The summed E-state index contributed by atoms with van der Waals surface area (Å²) >= 11 is 0. The number of rotatable bonds is 3. The maximum Gasteiger partial charge on any atom is 0.263 e. The number of nitrogens with one attached hydrogen (secondary N) is 1. The van der Waals surface area contributed by atoms with Crippen LogP contribution in [0.15, 0.2) is 48.5 Å². The van der Waals surface area contributed by atoms with Gasteiger partial charge in [-0.1, -0.05) is 24.1 Å². The zero-order valence-electron chi connectivity index (χ0n) is 11.2. The SMILES string of the molecule is C#Cc1cccc(NCN2C(=O)c3ccccc3C2=O)c1. The van der Waals surface area contributed by atoms with Crippen molar-refractivity contribution in [2.45, 2.75) is 0 Å². The van der Waals surface area contributed by atoms with E-state index in [1.807, 2.05) is 18.2 Å². The molecule has 2 amide bonds. The summed E-state index contributed by atoms with van der Waals surface area (Å²) in [6.07, 6.45) is 5.34. The van der Waals surface area contributed by atoms with E-state index in [4.69, 9.17) is 6.42 Å². The second kappa shape index (κ2) is 5.14. The fraction of sp³-hybridized carbons (Fsp3) is 0.0588. The Morgan fingerprint density at radius 2 is 1.67 bits per heavy atom. The molecule has 0 spiro atoms. The van der Waals surface area contributed by atoms with Crippen molar-refractivity contribution in [2.75, 3.05) is 12.0 Å². The molecule has 4 nitrogen and oxygen atoms in total. The molecule has 21 heavy (non-hydrogen) atoms. The van der Waals surface area contributed by atoms with E-state index >= 15 is 0 Å². The molecule has 2 aromatic rings. The van der Waals surface area contributed by atoms with Crippen LogP contribution in [-0.2, 0) is 0 Å². The Morgan fingerprint density at radius 3 is 2.29 bits per heavy atom. The van der Waals surface area contributed by atoms with Gasteiger partial charge in [0.2, 0.25) is 0 Å². The van der Waals surface area contributed by atoms with Crippen LogP contribution in [0.3, 0.4) is 0 Å². The van der Waals surface area contributed by atoms with Crippen LogP contribution in [0.25, 0.3) is 0 Å². The Labute approximate surface area is 122 Å². The number of carbonyl (C=O) groups excluding carboxylic acids is 2. The third kappa shape index (κ3) is 2.26. The Bertz CT molecular complexity index is 739. The minimum atomic E-state index is -0.281. The number of amides is 2. The molecule has 0 unspecified atom stereocenters. The highest BCUT2D eigenvalue weighted by Gasteiger charge is 2.34. The zero-order chi connectivity index (χ0) is 14.8. The van der Waals surface area contributed by atoms with Gasteiger partial charge in [0.25, 0.3) is 11.8 Å². The van der Waals surface area contributed by atoms with Crippen LogP contribution in [0, 0.1) is 12.3 Å². The van der Waals surface area contributed by atoms with Crippen molar-refractivity contribution in [3.05, 3.63) is 65.2 Å². The van der Waals surface area contributed by atoms with Gasteiger partial charge in [-0.05, 0) is 30.3 Å². The van der Waals surface area contributed by atoms with Crippen molar-refractivity contribution in [1.29, 1.82) is 0 Å². The van der Waals surface area contributed by atoms with E-state index < -0.39 is 0 Å². The van der Waals surface area contributed by atoms with Gasteiger partial charge in [-0.2, -0.15) is 0 Å². The first kappa shape index (κ1) is 12.9. The van der Waals surface area contributed by atoms with E-state index in [-0.39, 0.29) is 18.5 Å². The summed E-state index contributed by atoms with van der Waals surface area (Å²) in [6.45, 7) is 0.111. The van der Waals surface area contributed by atoms with Gasteiger partial charge < -0.3 is 5.32 Å². The maximum absolute atomic E-state index is 12.2. The lowest BCUT2D eigenvalue weighted by Crippen LogP contribution is -2.34. The second-order valence-corrected chi connectivity index (χ2v) is 4.64. The Balaban J connectivity index is 1.77. The molecule has 3 rings (SSSR count). The van der Waals surface area contributed by atoms with Gasteiger partial charge in [0.15, 0.2) is 0 Å². The van der Waals surface area contributed by atoms with Crippen LogP contribution in [0.5, 0.6) is 0 Å². The maximum atomic E-state index is 12.2. The summed E-state index contributed by atoms with van der Waals surface area (Å²) in [5, 5.41) is 3.05. The van der Waals surface area contributed by atoms with Crippen molar-refractivity contribution in [2.24, 2.45) is 0 Å². The fourth-order valence-corrected chi connectivity index (χ4v) is 2.27. The minimum Gasteiger partial charge on any atom is -0.367 e. The van der Waals surface area contributed by atoms with Crippen molar-refractivity contribution in [1.82, 2.24) is 4.90 Å². The molecule has 1 heterocycles. The largest absolute Gasteiger partial charge is 0.367 e. The molecule has 102 valence electrons. The monoisotopic (exact) mass is 276 g/mol. The van der Waals surface area contributed by atoms with E-state index in [0.717, 1.165) is 11.3 Å². The molecular formula is C17H12N2O2. The Hall–Kier alpha value is -3.06. The van der Waals surface area contributed by atoms with E-state index in [1.54, 1.807) is 30.3 Å². The number of terminal acetylenes is 1. The zero-order valence-corrected chi connectivity index (χ0v) is 11.2. The number of nitrogens with zero attached hydrogens (tertiary/aromatic N) is 1. The molecule has 0 saturated carbocycles. The number of carbonyl (C=O) groups is 2. The molecule has 0 bridgehead atoms. The number of imide groups is 1. The molecule has 2 aromatic carbocycles. The van der Waals surface area contributed by atoms with Crippen LogP contribution < -0.4 is 5.32 Å². The number of hydrogen-bond acceptors (Lipinski definition) is 3. The van der Waals surface area contributed by atoms with Gasteiger partial charge in [0.1, 0.15) is 0 Å². The summed E-state index contributed by atoms with van der Waals surface area (Å²) < 4.78 is 0. The molecule has 1 aliphatic heterocycles. The van der Waals surface area contributed by atoms with E-state index in [0.29, 0.717) is 11.1 Å². The molecule has 0 aliphatic carbocycles. The minimum absolute atomic E-state index is 0.111. The van der Waals surface area contributed by atoms with Gasteiger partial charge in [-0.15, -0.1) is 6.42 Å². The first-order valence-electron chi connectivity index (χ1n) is 6.46. The van der Waals surface area contributed by atoms with Gasteiger partial charge in [-0.3, -0.25) is 14.5 Å². The molecule has 0 fully saturated rings. The summed E-state index contributed by atoms with van der Waals surface area (Å²) in [6, 6.07) is 14.1. The van der Waals surface area contributed by atoms with Crippen molar-refractivity contribution >= 4 is 17.5 Å². The van der Waals surface area contributed by atoms with Crippen LogP contribution >= 0.6 is 0 Å². The average molecular weight is 276 g/mol. The van der Waals surface area contributed by atoms with Crippen LogP contribution in [0.1, 0.15) is 26.3 Å². The third-order valence-electron chi connectivity index (χ3n) is 3.35. The lowest BCUT2D eigenvalue weighted by atomic mass is 10.1. The fourth-order valence-electron chi connectivity index (χ4n) is 2.27. The van der Waals surface area contributed by atoms with E-state index in [2.05, 4.69) is 11.2 Å². The molecule has 0 aromatic heterocycles. The van der Waals surface area contributed by atoms with Crippen molar-refractivity contribution in [3.63, 3.8) is 0 Å². The Morgan fingerprint density at radius 1 is 1.00 bits per heavy atom. The molecule has 4 heteroatoms. The first-order chi connectivity index (χ1) is 10.2. The topological polar surface area (TPSA) is 49.4 Å². The lowest BCUT2D eigenvalue weighted by molar-refractivity contribution is 0.0666. The van der Waals surface area contributed by atoms with Gasteiger partial charge in [0, 0.05) is 11.3 Å². The van der Waals surface area contributed by atoms with Crippen LogP contribution in [-0.4, -0.2) is 23.4 Å². The predicted molar refractivity (Wildman–Crippen MR) is 79.8 cm³/mol. The predicted octanol–water partition coefficient (Wildman–Crippen LogP) is 2.33. The molecule has 1 aliphatic rings. The normalized spacial score (nSPS) is 13.0.